The highest BCUT2D eigenvalue weighted by atomic mass is 32.2. The third kappa shape index (κ3) is 3.85. The molecule has 0 aromatic carbocycles. The van der Waals surface area contributed by atoms with Gasteiger partial charge >= 0.3 is 0 Å². The number of rotatable bonds is 7. The van der Waals surface area contributed by atoms with Gasteiger partial charge in [0.25, 0.3) is 5.56 Å². The summed E-state index contributed by atoms with van der Waals surface area (Å²) in [5, 5.41) is 11.4. The molecule has 24 heavy (non-hydrogen) atoms. The molecule has 126 valence electrons. The number of fused-ring (bicyclic) bond motifs is 1. The minimum Gasteiger partial charge on any atom is -0.354 e. The van der Waals surface area contributed by atoms with Crippen LogP contribution in [0.15, 0.2) is 34.1 Å². The second-order valence-electron chi connectivity index (χ2n) is 5.22. The van der Waals surface area contributed by atoms with Crippen molar-refractivity contribution in [1.82, 2.24) is 24.6 Å². The zero-order chi connectivity index (χ0) is 16.9. The molecule has 3 aromatic heterocycles. The van der Waals surface area contributed by atoms with Gasteiger partial charge in [-0.2, -0.15) is 28.2 Å². The molecule has 0 bridgehead atoms. The van der Waals surface area contributed by atoms with Gasteiger partial charge in [0.05, 0.1) is 6.20 Å². The summed E-state index contributed by atoms with van der Waals surface area (Å²) in [5.74, 6) is 1.58. The first-order valence-corrected chi connectivity index (χ1v) is 9.47. The van der Waals surface area contributed by atoms with Crippen molar-refractivity contribution in [3.8, 4) is 0 Å². The van der Waals surface area contributed by atoms with E-state index in [0.717, 1.165) is 11.5 Å². The third-order valence-electron chi connectivity index (χ3n) is 3.45. The molecular formula is C15H17N5O2S2. The summed E-state index contributed by atoms with van der Waals surface area (Å²) in [6.45, 7) is 0.539. The second kappa shape index (κ2) is 7.63. The van der Waals surface area contributed by atoms with Crippen molar-refractivity contribution < 1.29 is 4.79 Å². The van der Waals surface area contributed by atoms with Crippen LogP contribution in [-0.4, -0.2) is 37.5 Å². The van der Waals surface area contributed by atoms with Crippen LogP contribution in [0.1, 0.15) is 5.56 Å². The maximum Gasteiger partial charge on any atom is 0.264 e. The molecule has 0 saturated carbocycles. The van der Waals surface area contributed by atoms with Gasteiger partial charge in [0, 0.05) is 25.1 Å². The highest BCUT2D eigenvalue weighted by molar-refractivity contribution is 7.98. The molecule has 3 aromatic rings. The lowest BCUT2D eigenvalue weighted by atomic mass is 10.4. The summed E-state index contributed by atoms with van der Waals surface area (Å²) in [6, 6.07) is 2.10. The zero-order valence-corrected chi connectivity index (χ0v) is 14.8. The Morgan fingerprint density at radius 3 is 3.12 bits per heavy atom. The molecule has 3 rings (SSSR count). The van der Waals surface area contributed by atoms with Crippen molar-refractivity contribution in [3.05, 3.63) is 45.3 Å². The normalized spacial score (nSPS) is 11.0. The van der Waals surface area contributed by atoms with Crippen molar-refractivity contribution in [2.45, 2.75) is 12.3 Å². The quantitative estimate of drug-likeness (QED) is 0.639. The summed E-state index contributed by atoms with van der Waals surface area (Å²) in [5.41, 5.74) is 1.57. The van der Waals surface area contributed by atoms with Gasteiger partial charge in [-0.15, -0.1) is 0 Å². The van der Waals surface area contributed by atoms with Gasteiger partial charge in [0.1, 0.15) is 18.3 Å². The average Bonchev–Trinajstić information content (AvgIpc) is 3.20. The number of carbonyl (C=O) groups is 1. The molecule has 0 aliphatic heterocycles. The molecule has 0 unspecified atom stereocenters. The lowest BCUT2D eigenvalue weighted by molar-refractivity contribution is -0.121. The minimum atomic E-state index is -0.255. The van der Waals surface area contributed by atoms with E-state index < -0.39 is 0 Å². The molecule has 0 aliphatic carbocycles. The molecule has 1 N–H and O–H groups in total. The fourth-order valence-corrected chi connectivity index (χ4v) is 3.80. The minimum absolute atomic E-state index is 0.0358. The Kier molecular flexibility index (Phi) is 5.31. The van der Waals surface area contributed by atoms with Crippen LogP contribution >= 0.6 is 23.1 Å². The second-order valence-corrected chi connectivity index (χ2v) is 7.10. The topological polar surface area (TPSA) is 81.8 Å². The summed E-state index contributed by atoms with van der Waals surface area (Å²) >= 11 is 3.45. The first-order chi connectivity index (χ1) is 11.6. The molecule has 0 aliphatic rings. The molecule has 0 saturated heterocycles. The Morgan fingerprint density at radius 1 is 1.46 bits per heavy atom. The molecular weight excluding hydrogens is 346 g/mol. The van der Waals surface area contributed by atoms with Crippen LogP contribution in [0.4, 0.5) is 0 Å². The van der Waals surface area contributed by atoms with Crippen LogP contribution in [0.5, 0.6) is 0 Å². The van der Waals surface area contributed by atoms with E-state index >= 15 is 0 Å². The van der Waals surface area contributed by atoms with E-state index in [1.807, 2.05) is 0 Å². The molecule has 0 spiro atoms. The van der Waals surface area contributed by atoms with Gasteiger partial charge in [-0.1, -0.05) is 0 Å². The number of thioether (sulfide) groups is 1. The van der Waals surface area contributed by atoms with Crippen molar-refractivity contribution in [2.75, 3.05) is 12.3 Å². The van der Waals surface area contributed by atoms with E-state index in [1.165, 1.54) is 27.3 Å². The summed E-state index contributed by atoms with van der Waals surface area (Å²) in [7, 11) is 1.72. The lowest BCUT2D eigenvalue weighted by Gasteiger charge is -2.07. The molecule has 0 fully saturated rings. The number of nitrogens with zero attached hydrogens (tertiary/aromatic N) is 4. The molecule has 7 nitrogen and oxygen atoms in total. The summed E-state index contributed by atoms with van der Waals surface area (Å²) in [4.78, 5) is 28.4. The molecule has 3 heterocycles. The maximum absolute atomic E-state index is 12.3. The maximum atomic E-state index is 12.3. The SMILES string of the molecule is Cn1ncc2c(=O)n(CC(=O)NCCSCc3ccsc3)cnc21. The lowest BCUT2D eigenvalue weighted by Crippen LogP contribution is -2.33. The fraction of sp³-hybridized carbons (Fsp3) is 0.333. The molecule has 0 atom stereocenters. The zero-order valence-electron chi connectivity index (χ0n) is 13.1. The number of nitrogens with one attached hydrogen (secondary N) is 1. The molecule has 9 heteroatoms. The van der Waals surface area contributed by atoms with E-state index in [2.05, 4.69) is 32.2 Å². The Hall–Kier alpha value is -2.13. The molecule has 0 radical (unpaired) electrons. The average molecular weight is 363 g/mol. The fourth-order valence-electron chi connectivity index (χ4n) is 2.22. The van der Waals surface area contributed by atoms with Crippen molar-refractivity contribution in [2.24, 2.45) is 7.05 Å². The standard InChI is InChI=1S/C15H17N5O2S2/c1-19-14-12(6-18-19)15(22)20(10-17-14)7-13(21)16-3-5-24-9-11-2-4-23-8-11/h2,4,6,8,10H,3,5,7,9H2,1H3,(H,16,21). The van der Waals surface area contributed by atoms with Crippen molar-refractivity contribution >= 4 is 40.0 Å². The van der Waals surface area contributed by atoms with Crippen molar-refractivity contribution in [3.63, 3.8) is 0 Å². The highest BCUT2D eigenvalue weighted by Gasteiger charge is 2.10. The van der Waals surface area contributed by atoms with Crippen LogP contribution < -0.4 is 10.9 Å². The predicted octanol–water partition coefficient (Wildman–Crippen LogP) is 1.24. The van der Waals surface area contributed by atoms with Crippen LogP contribution in [-0.2, 0) is 24.1 Å². The first-order valence-electron chi connectivity index (χ1n) is 7.38. The Balaban J connectivity index is 1.48. The van der Waals surface area contributed by atoms with Crippen molar-refractivity contribution in [1.29, 1.82) is 0 Å². The van der Waals surface area contributed by atoms with Crippen LogP contribution in [0, 0.1) is 0 Å². The number of hydrogen-bond donors (Lipinski definition) is 1. The van der Waals surface area contributed by atoms with Gasteiger partial charge in [-0.05, 0) is 22.4 Å². The largest absolute Gasteiger partial charge is 0.354 e. The smallest absolute Gasteiger partial charge is 0.264 e. The highest BCUT2D eigenvalue weighted by Crippen LogP contribution is 2.14. The van der Waals surface area contributed by atoms with Crippen LogP contribution in [0.25, 0.3) is 11.0 Å². The Bertz CT molecular complexity index is 885. The van der Waals surface area contributed by atoms with E-state index in [1.54, 1.807) is 30.1 Å². The molecule has 1 amide bonds. The Morgan fingerprint density at radius 2 is 2.33 bits per heavy atom. The monoisotopic (exact) mass is 363 g/mol. The number of aromatic nitrogens is 4. The predicted molar refractivity (Wildman–Crippen MR) is 96.3 cm³/mol. The van der Waals surface area contributed by atoms with Gasteiger partial charge in [0.15, 0.2) is 5.65 Å². The number of aryl methyl sites for hydroxylation is 1. The van der Waals surface area contributed by atoms with Gasteiger partial charge in [0.2, 0.25) is 5.91 Å². The number of amides is 1. The van der Waals surface area contributed by atoms with Crippen LogP contribution in [0.2, 0.25) is 0 Å². The van der Waals surface area contributed by atoms with E-state index in [0.29, 0.717) is 17.6 Å². The van der Waals surface area contributed by atoms with E-state index in [9.17, 15) is 9.59 Å². The summed E-state index contributed by atoms with van der Waals surface area (Å²) in [6.07, 6.45) is 2.86. The van der Waals surface area contributed by atoms with Gasteiger partial charge in [-0.25, -0.2) is 4.98 Å². The number of hydrogen-bond acceptors (Lipinski definition) is 6. The summed E-state index contributed by atoms with van der Waals surface area (Å²) < 4.78 is 2.84. The van der Waals surface area contributed by atoms with Crippen LogP contribution in [0.3, 0.4) is 0 Å². The first kappa shape index (κ1) is 16.7. The van der Waals surface area contributed by atoms with Gasteiger partial charge < -0.3 is 5.32 Å². The number of thiophene rings is 1. The third-order valence-corrected chi connectivity index (χ3v) is 5.21. The number of carbonyl (C=O) groups excluding carboxylic acids is 1. The van der Waals surface area contributed by atoms with Gasteiger partial charge in [-0.3, -0.25) is 18.8 Å². The Labute approximate surface area is 146 Å². The van der Waals surface area contributed by atoms with E-state index in [4.69, 9.17) is 0 Å². The van der Waals surface area contributed by atoms with E-state index in [-0.39, 0.29) is 18.0 Å².